The predicted octanol–water partition coefficient (Wildman–Crippen LogP) is 3.99. The topological polar surface area (TPSA) is 50.7 Å². The molecule has 0 bridgehead atoms. The van der Waals surface area contributed by atoms with E-state index in [1.165, 1.54) is 15.3 Å². The van der Waals surface area contributed by atoms with E-state index in [0.29, 0.717) is 5.95 Å². The summed E-state index contributed by atoms with van der Waals surface area (Å²) in [7, 11) is 0. The van der Waals surface area contributed by atoms with Gasteiger partial charge in [-0.25, -0.2) is 4.98 Å². The molecule has 0 aromatic carbocycles. The molecule has 4 nitrogen and oxygen atoms in total. The van der Waals surface area contributed by atoms with E-state index < -0.39 is 0 Å². The molecule has 0 radical (unpaired) electrons. The van der Waals surface area contributed by atoms with Crippen LogP contribution in [-0.2, 0) is 32.7 Å². The van der Waals surface area contributed by atoms with Gasteiger partial charge in [0.15, 0.2) is 0 Å². The minimum Gasteiger partial charge on any atom is -0.348 e. The molecule has 6 heteroatoms. The first kappa shape index (κ1) is 18.5. The van der Waals surface area contributed by atoms with E-state index in [0.717, 1.165) is 17.6 Å². The first-order chi connectivity index (χ1) is 9.36. The van der Waals surface area contributed by atoms with Crippen molar-refractivity contribution in [2.24, 2.45) is 0 Å². The standard InChI is InChI=1S/C15H21N4S.Y/c1-8(2)14-17-12(6)18-15(19-14)16-10(4)13-7-9(3)20-11(13)5;/h7,10H,1-6H3,(H,16,17,18,19);/q-1;+3. The summed E-state index contributed by atoms with van der Waals surface area (Å²) in [6.45, 7) is 12.3. The van der Waals surface area contributed by atoms with Gasteiger partial charge < -0.3 is 11.2 Å². The zero-order valence-corrected chi connectivity index (χ0v) is 17.1. The number of anilines is 1. The predicted molar refractivity (Wildman–Crippen MR) is 84.1 cm³/mol. The largest absolute Gasteiger partial charge is 3.00 e. The van der Waals surface area contributed by atoms with Crippen molar-refractivity contribution < 1.29 is 32.7 Å². The molecule has 108 valence electrons. The van der Waals surface area contributed by atoms with Gasteiger partial charge in [0.2, 0.25) is 5.95 Å². The molecule has 0 fully saturated rings. The number of thiophene rings is 1. The Hall–Kier alpha value is -0.516. The number of hydrogen-bond donors (Lipinski definition) is 1. The Morgan fingerprint density at radius 2 is 1.81 bits per heavy atom. The van der Waals surface area contributed by atoms with Crippen molar-refractivity contribution >= 4 is 17.3 Å². The average molecular weight is 378 g/mol. The van der Waals surface area contributed by atoms with Crippen LogP contribution in [-0.4, -0.2) is 15.0 Å². The summed E-state index contributed by atoms with van der Waals surface area (Å²) in [5, 5.41) is 3.38. The summed E-state index contributed by atoms with van der Waals surface area (Å²) >= 11 is 1.82. The van der Waals surface area contributed by atoms with Gasteiger partial charge in [0.1, 0.15) is 5.82 Å². The summed E-state index contributed by atoms with van der Waals surface area (Å²) in [5.41, 5.74) is 1.31. The van der Waals surface area contributed by atoms with Gasteiger partial charge in [-0.3, -0.25) is 4.98 Å². The summed E-state index contributed by atoms with van der Waals surface area (Å²) in [5.74, 6) is 3.23. The van der Waals surface area contributed by atoms with Crippen LogP contribution in [0.15, 0.2) is 6.07 Å². The Balaban J connectivity index is 0.00000220. The van der Waals surface area contributed by atoms with Gasteiger partial charge in [0.25, 0.3) is 0 Å². The van der Waals surface area contributed by atoms with Crippen LogP contribution in [0.5, 0.6) is 0 Å². The molecule has 0 amide bonds. The monoisotopic (exact) mass is 378 g/mol. The third-order valence-corrected chi connectivity index (χ3v) is 4.07. The van der Waals surface area contributed by atoms with Crippen LogP contribution in [0.4, 0.5) is 5.95 Å². The normalized spacial score (nSPS) is 11.7. The fourth-order valence-electron chi connectivity index (χ4n) is 2.12. The first-order valence-electron chi connectivity index (χ1n) is 6.73. The van der Waals surface area contributed by atoms with Gasteiger partial charge in [0.05, 0.1) is 6.04 Å². The second-order valence-electron chi connectivity index (χ2n) is 5.26. The van der Waals surface area contributed by atoms with Crippen molar-refractivity contribution in [2.75, 3.05) is 5.32 Å². The fraction of sp³-hybridized carbons (Fsp3) is 0.467. The van der Waals surface area contributed by atoms with E-state index in [-0.39, 0.29) is 38.8 Å². The summed E-state index contributed by atoms with van der Waals surface area (Å²) in [4.78, 5) is 15.9. The Kier molecular flexibility index (Phi) is 6.76. The molecule has 0 spiro atoms. The quantitative estimate of drug-likeness (QED) is 0.818. The van der Waals surface area contributed by atoms with Crippen molar-refractivity contribution in [1.29, 1.82) is 0 Å². The molecular formula is C15H21N4SY+2. The fourth-order valence-corrected chi connectivity index (χ4v) is 3.14. The van der Waals surface area contributed by atoms with Crippen molar-refractivity contribution in [3.63, 3.8) is 0 Å². The summed E-state index contributed by atoms with van der Waals surface area (Å²) in [6.07, 6.45) is 0. The summed E-state index contributed by atoms with van der Waals surface area (Å²) in [6, 6.07) is 2.41. The van der Waals surface area contributed by atoms with E-state index in [9.17, 15) is 0 Å². The van der Waals surface area contributed by atoms with Crippen LogP contribution in [0.3, 0.4) is 0 Å². The number of nitrogens with zero attached hydrogens (tertiary/aromatic N) is 3. The molecule has 21 heavy (non-hydrogen) atoms. The van der Waals surface area contributed by atoms with Gasteiger partial charge in [-0.05, 0) is 39.3 Å². The number of aromatic nitrogens is 3. The van der Waals surface area contributed by atoms with Crippen molar-refractivity contribution in [1.82, 2.24) is 15.0 Å². The molecule has 1 atom stereocenters. The molecule has 2 aromatic heterocycles. The number of aryl methyl sites for hydroxylation is 3. The van der Waals surface area contributed by atoms with Crippen molar-refractivity contribution in [2.45, 2.75) is 47.6 Å². The Bertz CT molecular complexity index is 610. The third kappa shape index (κ3) is 4.73. The Labute approximate surface area is 156 Å². The maximum atomic E-state index is 4.47. The number of hydrogen-bond acceptors (Lipinski definition) is 5. The van der Waals surface area contributed by atoms with Gasteiger partial charge in [-0.2, -0.15) is 18.8 Å². The molecule has 2 aromatic rings. The smallest absolute Gasteiger partial charge is 0.348 e. The first-order valence-corrected chi connectivity index (χ1v) is 7.55. The van der Waals surface area contributed by atoms with Crippen molar-refractivity contribution in [3.8, 4) is 0 Å². The zero-order chi connectivity index (χ0) is 14.9. The van der Waals surface area contributed by atoms with Crippen LogP contribution >= 0.6 is 11.3 Å². The molecule has 2 rings (SSSR count). The minimum absolute atomic E-state index is 0. The average Bonchev–Trinajstić information content (AvgIpc) is 2.67. The Morgan fingerprint density at radius 3 is 2.33 bits per heavy atom. The van der Waals surface area contributed by atoms with Crippen LogP contribution < -0.4 is 5.32 Å². The molecule has 0 aliphatic heterocycles. The minimum atomic E-state index is 0. The van der Waals surface area contributed by atoms with Gasteiger partial charge in [-0.1, -0.05) is 0 Å². The van der Waals surface area contributed by atoms with Crippen LogP contribution in [0.1, 0.15) is 53.8 Å². The van der Waals surface area contributed by atoms with Gasteiger partial charge in [0, 0.05) is 15.6 Å². The number of nitrogens with one attached hydrogen (secondary N) is 1. The molecule has 0 aliphatic carbocycles. The van der Waals surface area contributed by atoms with Crippen molar-refractivity contribution in [3.05, 3.63) is 39.0 Å². The maximum absolute atomic E-state index is 4.47. The number of rotatable bonds is 4. The van der Waals surface area contributed by atoms with E-state index in [1.54, 1.807) is 0 Å². The van der Waals surface area contributed by atoms with E-state index >= 15 is 0 Å². The molecule has 0 saturated carbocycles. The molecule has 1 unspecified atom stereocenters. The van der Waals surface area contributed by atoms with E-state index in [2.05, 4.69) is 47.1 Å². The van der Waals surface area contributed by atoms with E-state index in [1.807, 2.05) is 32.1 Å². The molecule has 1 N–H and O–H groups in total. The van der Waals surface area contributed by atoms with Crippen LogP contribution in [0.25, 0.3) is 0 Å². The molecular weight excluding hydrogens is 357 g/mol. The molecule has 2 heterocycles. The molecule has 0 saturated heterocycles. The third-order valence-electron chi connectivity index (χ3n) is 3.09. The SMILES string of the molecule is Cc1nc(NC(C)c2cc(C)sc2C)nc([C-](C)C)n1.[Y+3]. The maximum Gasteiger partial charge on any atom is 3.00 e. The second-order valence-corrected chi connectivity index (χ2v) is 6.72. The van der Waals surface area contributed by atoms with Crippen LogP contribution in [0.2, 0.25) is 0 Å². The molecule has 0 aliphatic rings. The van der Waals surface area contributed by atoms with Gasteiger partial charge in [-0.15, -0.1) is 11.3 Å². The van der Waals surface area contributed by atoms with Crippen LogP contribution in [0, 0.1) is 26.7 Å². The van der Waals surface area contributed by atoms with Gasteiger partial charge >= 0.3 is 32.7 Å². The summed E-state index contributed by atoms with van der Waals surface area (Å²) < 4.78 is 0. The van der Waals surface area contributed by atoms with E-state index in [4.69, 9.17) is 0 Å². The second kappa shape index (κ2) is 7.66. The zero-order valence-electron chi connectivity index (χ0n) is 13.5. The Morgan fingerprint density at radius 1 is 1.14 bits per heavy atom.